The topological polar surface area (TPSA) is 61.4 Å². The Morgan fingerprint density at radius 1 is 1.24 bits per heavy atom. The van der Waals surface area contributed by atoms with Gasteiger partial charge in [-0.1, -0.05) is 19.1 Å². The van der Waals surface area contributed by atoms with Gasteiger partial charge in [-0.2, -0.15) is 0 Å². The average molecular weight is 343 g/mol. The number of hydrogen-bond donors (Lipinski definition) is 2. The molecule has 1 aromatic carbocycles. The van der Waals surface area contributed by atoms with Crippen LogP contribution in [-0.4, -0.2) is 49.4 Å². The number of rotatable bonds is 6. The molecule has 0 bridgehead atoms. The normalized spacial score (nSPS) is 17.4. The Balaban J connectivity index is 1.77. The summed E-state index contributed by atoms with van der Waals surface area (Å²) in [7, 11) is 1.60. The van der Waals surface area contributed by atoms with E-state index in [2.05, 4.69) is 29.4 Å². The van der Waals surface area contributed by atoms with Gasteiger partial charge in [0.1, 0.15) is 0 Å². The molecule has 1 fully saturated rings. The van der Waals surface area contributed by atoms with Gasteiger partial charge in [-0.05, 0) is 62.5 Å². The summed E-state index contributed by atoms with van der Waals surface area (Å²) in [6, 6.07) is 7.50. The fraction of sp³-hybridized carbons (Fsp3) is 0.500. The van der Waals surface area contributed by atoms with Gasteiger partial charge in [0.05, 0.1) is 0 Å². The number of piperidine rings is 1. The van der Waals surface area contributed by atoms with Crippen LogP contribution in [0.25, 0.3) is 6.08 Å². The third kappa shape index (κ3) is 6.02. The lowest BCUT2D eigenvalue weighted by Gasteiger charge is -2.34. The minimum Gasteiger partial charge on any atom is -0.355 e. The molecule has 136 valence electrons. The summed E-state index contributed by atoms with van der Waals surface area (Å²) in [6.07, 6.45) is 5.78. The molecular formula is C20H29N3O2. The van der Waals surface area contributed by atoms with Crippen molar-refractivity contribution < 1.29 is 9.59 Å². The lowest BCUT2D eigenvalue weighted by Crippen LogP contribution is -2.45. The Labute approximate surface area is 150 Å². The van der Waals surface area contributed by atoms with E-state index in [1.54, 1.807) is 31.3 Å². The fourth-order valence-corrected chi connectivity index (χ4v) is 2.97. The van der Waals surface area contributed by atoms with Gasteiger partial charge in [-0.15, -0.1) is 0 Å². The molecule has 2 amide bonds. The molecule has 5 nitrogen and oxygen atoms in total. The molecule has 1 aliphatic heterocycles. The number of benzene rings is 1. The van der Waals surface area contributed by atoms with Crippen LogP contribution in [0, 0.1) is 5.92 Å². The number of amides is 2. The molecule has 1 heterocycles. The Bertz CT molecular complexity index is 602. The molecule has 1 saturated heterocycles. The van der Waals surface area contributed by atoms with Crippen LogP contribution >= 0.6 is 0 Å². The third-order valence-electron chi connectivity index (χ3n) is 4.84. The first kappa shape index (κ1) is 19.2. The van der Waals surface area contributed by atoms with Crippen LogP contribution in [0.5, 0.6) is 0 Å². The highest BCUT2D eigenvalue weighted by Gasteiger charge is 2.20. The van der Waals surface area contributed by atoms with E-state index >= 15 is 0 Å². The predicted molar refractivity (Wildman–Crippen MR) is 101 cm³/mol. The van der Waals surface area contributed by atoms with Crippen LogP contribution in [0.2, 0.25) is 0 Å². The van der Waals surface area contributed by atoms with Crippen molar-refractivity contribution in [3.63, 3.8) is 0 Å². The molecule has 0 radical (unpaired) electrons. The van der Waals surface area contributed by atoms with Gasteiger partial charge in [0, 0.05) is 31.3 Å². The van der Waals surface area contributed by atoms with E-state index in [9.17, 15) is 9.59 Å². The molecule has 0 aliphatic carbocycles. The molecule has 0 aromatic heterocycles. The highest BCUT2D eigenvalue weighted by molar-refractivity contribution is 5.94. The molecule has 0 spiro atoms. The summed E-state index contributed by atoms with van der Waals surface area (Å²) in [5.41, 5.74) is 1.50. The zero-order valence-electron chi connectivity index (χ0n) is 15.4. The monoisotopic (exact) mass is 343 g/mol. The maximum Gasteiger partial charge on any atom is 0.251 e. The number of hydrogen-bond acceptors (Lipinski definition) is 3. The lowest BCUT2D eigenvalue weighted by molar-refractivity contribution is -0.116. The molecule has 1 atom stereocenters. The number of nitrogens with one attached hydrogen (secondary N) is 2. The van der Waals surface area contributed by atoms with E-state index in [1.807, 2.05) is 12.1 Å². The summed E-state index contributed by atoms with van der Waals surface area (Å²) in [5, 5.41) is 5.55. The molecule has 0 saturated carbocycles. The van der Waals surface area contributed by atoms with E-state index in [0.717, 1.165) is 24.6 Å². The maximum atomic E-state index is 12.0. The summed E-state index contributed by atoms with van der Waals surface area (Å²) < 4.78 is 0. The maximum absolute atomic E-state index is 12.0. The van der Waals surface area contributed by atoms with Crippen molar-refractivity contribution in [1.29, 1.82) is 0 Å². The molecule has 2 N–H and O–H groups in total. The van der Waals surface area contributed by atoms with Crippen LogP contribution in [0.1, 0.15) is 42.6 Å². The standard InChI is InChI=1S/C20H29N3O2/c1-15-10-12-23(13-11-15)16(2)14-22-19(24)9-6-17-4-7-18(8-5-17)20(25)21-3/h4-9,15-16H,10-14H2,1-3H3,(H,21,25)(H,22,24)/b9-6-/t16-/m1/s1. The molecule has 5 heteroatoms. The van der Waals surface area contributed by atoms with Crippen molar-refractivity contribution in [3.8, 4) is 0 Å². The SMILES string of the molecule is CNC(=O)c1ccc(/C=C\C(=O)NC[C@@H](C)N2CCC(C)CC2)cc1. The Hall–Kier alpha value is -2.14. The first-order valence-corrected chi connectivity index (χ1v) is 9.01. The van der Waals surface area contributed by atoms with Crippen molar-refractivity contribution in [3.05, 3.63) is 41.5 Å². The zero-order valence-corrected chi connectivity index (χ0v) is 15.4. The Morgan fingerprint density at radius 3 is 2.48 bits per heavy atom. The van der Waals surface area contributed by atoms with Gasteiger partial charge < -0.3 is 10.6 Å². The van der Waals surface area contributed by atoms with E-state index in [1.165, 1.54) is 12.8 Å². The van der Waals surface area contributed by atoms with Gasteiger partial charge >= 0.3 is 0 Å². The summed E-state index contributed by atoms with van der Waals surface area (Å²) in [6.45, 7) is 7.36. The Morgan fingerprint density at radius 2 is 1.88 bits per heavy atom. The highest BCUT2D eigenvalue weighted by Crippen LogP contribution is 2.17. The highest BCUT2D eigenvalue weighted by atomic mass is 16.2. The number of nitrogens with zero attached hydrogens (tertiary/aromatic N) is 1. The largest absolute Gasteiger partial charge is 0.355 e. The van der Waals surface area contributed by atoms with Crippen molar-refractivity contribution in [2.75, 3.05) is 26.7 Å². The van der Waals surface area contributed by atoms with E-state index in [4.69, 9.17) is 0 Å². The first-order valence-electron chi connectivity index (χ1n) is 9.01. The third-order valence-corrected chi connectivity index (χ3v) is 4.84. The van der Waals surface area contributed by atoms with Crippen LogP contribution in [-0.2, 0) is 4.79 Å². The second kappa shape index (κ2) is 9.37. The van der Waals surface area contributed by atoms with E-state index < -0.39 is 0 Å². The van der Waals surface area contributed by atoms with Gasteiger partial charge in [-0.3, -0.25) is 14.5 Å². The molecular weight excluding hydrogens is 314 g/mol. The zero-order chi connectivity index (χ0) is 18.2. The molecule has 2 rings (SSSR count). The fourth-order valence-electron chi connectivity index (χ4n) is 2.97. The predicted octanol–water partition coefficient (Wildman–Crippen LogP) is 2.30. The second-order valence-electron chi connectivity index (χ2n) is 6.85. The number of carbonyl (C=O) groups is 2. The van der Waals surface area contributed by atoms with Gasteiger partial charge in [0.15, 0.2) is 0 Å². The van der Waals surface area contributed by atoms with Gasteiger partial charge in [0.2, 0.25) is 5.91 Å². The molecule has 1 aromatic rings. The van der Waals surface area contributed by atoms with Crippen molar-refractivity contribution in [2.24, 2.45) is 5.92 Å². The first-order chi connectivity index (χ1) is 12.0. The van der Waals surface area contributed by atoms with Crippen LogP contribution in [0.4, 0.5) is 0 Å². The molecule has 1 aliphatic rings. The van der Waals surface area contributed by atoms with E-state index in [-0.39, 0.29) is 11.8 Å². The lowest BCUT2D eigenvalue weighted by atomic mass is 9.98. The molecule has 0 unspecified atom stereocenters. The summed E-state index contributed by atoms with van der Waals surface area (Å²) in [5.74, 6) is 0.609. The summed E-state index contributed by atoms with van der Waals surface area (Å²) >= 11 is 0. The number of likely N-dealkylation sites (tertiary alicyclic amines) is 1. The van der Waals surface area contributed by atoms with E-state index in [0.29, 0.717) is 18.2 Å². The Kier molecular flexibility index (Phi) is 7.19. The molecule has 25 heavy (non-hydrogen) atoms. The van der Waals surface area contributed by atoms with Crippen LogP contribution in [0.15, 0.2) is 30.3 Å². The smallest absolute Gasteiger partial charge is 0.251 e. The second-order valence-corrected chi connectivity index (χ2v) is 6.85. The van der Waals surface area contributed by atoms with Gasteiger partial charge in [-0.25, -0.2) is 0 Å². The van der Waals surface area contributed by atoms with Crippen LogP contribution < -0.4 is 10.6 Å². The minimum absolute atomic E-state index is 0.0902. The number of carbonyl (C=O) groups excluding carboxylic acids is 2. The van der Waals surface area contributed by atoms with Crippen molar-refractivity contribution in [1.82, 2.24) is 15.5 Å². The van der Waals surface area contributed by atoms with Crippen molar-refractivity contribution in [2.45, 2.75) is 32.7 Å². The quantitative estimate of drug-likeness (QED) is 0.779. The minimum atomic E-state index is -0.116. The summed E-state index contributed by atoms with van der Waals surface area (Å²) in [4.78, 5) is 25.9. The average Bonchev–Trinajstić information content (AvgIpc) is 2.64. The van der Waals surface area contributed by atoms with Gasteiger partial charge in [0.25, 0.3) is 5.91 Å². The van der Waals surface area contributed by atoms with Crippen molar-refractivity contribution >= 4 is 17.9 Å². The van der Waals surface area contributed by atoms with Crippen LogP contribution in [0.3, 0.4) is 0 Å².